The van der Waals surface area contributed by atoms with Crippen molar-refractivity contribution in [1.82, 2.24) is 4.98 Å². The standard InChI is InChI=1S/C7H10BNO2/c1-2-7-6(8(10)11)4-3-5-9-7/h3-5,10-11H,2H2,1H3. The Kier molecular flexibility index (Phi) is 2.62. The molecule has 1 aromatic rings. The Morgan fingerprint density at radius 2 is 2.27 bits per heavy atom. The van der Waals surface area contributed by atoms with E-state index >= 15 is 0 Å². The lowest BCUT2D eigenvalue weighted by atomic mass is 9.78. The van der Waals surface area contributed by atoms with Gasteiger partial charge in [0.15, 0.2) is 0 Å². The van der Waals surface area contributed by atoms with Gasteiger partial charge in [-0.25, -0.2) is 0 Å². The van der Waals surface area contributed by atoms with Crippen LogP contribution in [0.3, 0.4) is 0 Å². The van der Waals surface area contributed by atoms with Gasteiger partial charge >= 0.3 is 7.12 Å². The van der Waals surface area contributed by atoms with Crippen LogP contribution in [0.15, 0.2) is 18.3 Å². The molecule has 0 aliphatic rings. The second-order valence-electron chi connectivity index (χ2n) is 2.27. The lowest BCUT2D eigenvalue weighted by Crippen LogP contribution is -2.33. The smallest absolute Gasteiger partial charge is 0.423 e. The van der Waals surface area contributed by atoms with Crippen molar-refractivity contribution in [2.75, 3.05) is 0 Å². The molecule has 0 saturated heterocycles. The Bertz CT molecular complexity index is 240. The van der Waals surface area contributed by atoms with Gasteiger partial charge in [-0.1, -0.05) is 13.0 Å². The van der Waals surface area contributed by atoms with E-state index in [1.54, 1.807) is 18.3 Å². The van der Waals surface area contributed by atoms with E-state index in [1.165, 1.54) is 0 Å². The third-order valence-corrected chi connectivity index (χ3v) is 1.54. The summed E-state index contributed by atoms with van der Waals surface area (Å²) in [5, 5.41) is 17.7. The van der Waals surface area contributed by atoms with E-state index in [2.05, 4.69) is 4.98 Å². The topological polar surface area (TPSA) is 53.4 Å². The van der Waals surface area contributed by atoms with Gasteiger partial charge in [-0.3, -0.25) is 4.98 Å². The fourth-order valence-corrected chi connectivity index (χ4v) is 0.981. The summed E-state index contributed by atoms with van der Waals surface area (Å²) >= 11 is 0. The predicted molar refractivity (Wildman–Crippen MR) is 43.4 cm³/mol. The molecule has 0 aromatic carbocycles. The third kappa shape index (κ3) is 1.79. The van der Waals surface area contributed by atoms with Crippen molar-refractivity contribution in [3.8, 4) is 0 Å². The van der Waals surface area contributed by atoms with Crippen LogP contribution in [0, 0.1) is 0 Å². The summed E-state index contributed by atoms with van der Waals surface area (Å²) in [6.07, 6.45) is 2.36. The van der Waals surface area contributed by atoms with Crippen LogP contribution in [-0.2, 0) is 6.42 Å². The molecule has 58 valence electrons. The number of aryl methyl sites for hydroxylation is 1. The van der Waals surface area contributed by atoms with Crippen LogP contribution in [0.2, 0.25) is 0 Å². The maximum atomic E-state index is 8.85. The maximum absolute atomic E-state index is 8.85. The minimum Gasteiger partial charge on any atom is -0.423 e. The Morgan fingerprint density at radius 3 is 2.73 bits per heavy atom. The van der Waals surface area contributed by atoms with E-state index in [9.17, 15) is 0 Å². The molecule has 0 amide bonds. The van der Waals surface area contributed by atoms with Gasteiger partial charge in [0.05, 0.1) is 0 Å². The van der Waals surface area contributed by atoms with Crippen molar-refractivity contribution < 1.29 is 10.0 Å². The van der Waals surface area contributed by atoms with Gasteiger partial charge in [0, 0.05) is 17.4 Å². The normalized spacial score (nSPS) is 9.73. The van der Waals surface area contributed by atoms with Gasteiger partial charge in [0.25, 0.3) is 0 Å². The van der Waals surface area contributed by atoms with Gasteiger partial charge in [0.1, 0.15) is 0 Å². The van der Waals surface area contributed by atoms with Crippen molar-refractivity contribution in [2.24, 2.45) is 0 Å². The number of rotatable bonds is 2. The van der Waals surface area contributed by atoms with Gasteiger partial charge in [-0.15, -0.1) is 0 Å². The molecule has 0 radical (unpaired) electrons. The second kappa shape index (κ2) is 3.50. The minimum atomic E-state index is -1.40. The lowest BCUT2D eigenvalue weighted by Gasteiger charge is -2.03. The van der Waals surface area contributed by atoms with Crippen LogP contribution in [0.25, 0.3) is 0 Å². The van der Waals surface area contributed by atoms with Crippen LogP contribution in [-0.4, -0.2) is 22.2 Å². The number of pyridine rings is 1. The predicted octanol–water partition coefficient (Wildman–Crippen LogP) is -0.676. The average Bonchev–Trinajstić information content (AvgIpc) is 2.04. The van der Waals surface area contributed by atoms with E-state index in [0.29, 0.717) is 11.9 Å². The summed E-state index contributed by atoms with van der Waals surface area (Å²) < 4.78 is 0. The summed E-state index contributed by atoms with van der Waals surface area (Å²) in [4.78, 5) is 4.00. The highest BCUT2D eigenvalue weighted by Gasteiger charge is 2.14. The first-order chi connectivity index (χ1) is 5.25. The quantitative estimate of drug-likeness (QED) is 0.550. The molecule has 0 fully saturated rings. The van der Waals surface area contributed by atoms with Crippen LogP contribution >= 0.6 is 0 Å². The number of aromatic nitrogens is 1. The van der Waals surface area contributed by atoms with Crippen molar-refractivity contribution in [3.63, 3.8) is 0 Å². The highest BCUT2D eigenvalue weighted by atomic mass is 16.4. The molecule has 1 aromatic heterocycles. The van der Waals surface area contributed by atoms with E-state index < -0.39 is 7.12 Å². The molecule has 0 spiro atoms. The van der Waals surface area contributed by atoms with Crippen LogP contribution in [0.5, 0.6) is 0 Å². The van der Waals surface area contributed by atoms with Gasteiger partial charge in [-0.05, 0) is 12.5 Å². The average molecular weight is 151 g/mol. The van der Waals surface area contributed by atoms with Gasteiger partial charge < -0.3 is 10.0 Å². The van der Waals surface area contributed by atoms with E-state index in [-0.39, 0.29) is 0 Å². The van der Waals surface area contributed by atoms with Gasteiger partial charge in [0.2, 0.25) is 0 Å². The summed E-state index contributed by atoms with van der Waals surface area (Å²) in [6.45, 7) is 1.92. The Hall–Kier alpha value is -0.865. The summed E-state index contributed by atoms with van der Waals surface area (Å²) in [6, 6.07) is 3.35. The maximum Gasteiger partial charge on any atom is 0.490 e. The zero-order chi connectivity index (χ0) is 8.27. The highest BCUT2D eigenvalue weighted by Crippen LogP contribution is 1.91. The minimum absolute atomic E-state index is 0.495. The molecular formula is C7H10BNO2. The first-order valence-corrected chi connectivity index (χ1v) is 3.55. The van der Waals surface area contributed by atoms with Crippen molar-refractivity contribution >= 4 is 12.6 Å². The highest BCUT2D eigenvalue weighted by molar-refractivity contribution is 6.59. The Morgan fingerprint density at radius 1 is 1.55 bits per heavy atom. The van der Waals surface area contributed by atoms with E-state index in [4.69, 9.17) is 10.0 Å². The van der Waals surface area contributed by atoms with Crippen LogP contribution in [0.1, 0.15) is 12.6 Å². The van der Waals surface area contributed by atoms with E-state index in [0.717, 1.165) is 5.69 Å². The van der Waals surface area contributed by atoms with E-state index in [1.807, 2.05) is 6.92 Å². The van der Waals surface area contributed by atoms with Gasteiger partial charge in [-0.2, -0.15) is 0 Å². The molecule has 11 heavy (non-hydrogen) atoms. The summed E-state index contributed by atoms with van der Waals surface area (Å²) in [5.74, 6) is 0. The molecule has 0 aliphatic heterocycles. The molecule has 3 nitrogen and oxygen atoms in total. The monoisotopic (exact) mass is 151 g/mol. The Balaban J connectivity index is 3.02. The van der Waals surface area contributed by atoms with Crippen LogP contribution < -0.4 is 5.46 Å². The molecule has 1 heterocycles. The number of hydrogen-bond donors (Lipinski definition) is 2. The number of nitrogens with zero attached hydrogens (tertiary/aromatic N) is 1. The largest absolute Gasteiger partial charge is 0.490 e. The second-order valence-corrected chi connectivity index (χ2v) is 2.27. The zero-order valence-corrected chi connectivity index (χ0v) is 6.36. The molecule has 0 atom stereocenters. The zero-order valence-electron chi connectivity index (χ0n) is 6.36. The molecule has 0 unspecified atom stereocenters. The molecule has 2 N–H and O–H groups in total. The molecule has 0 aliphatic carbocycles. The lowest BCUT2D eigenvalue weighted by molar-refractivity contribution is 0.425. The Labute approximate surface area is 65.9 Å². The third-order valence-electron chi connectivity index (χ3n) is 1.54. The summed E-state index contributed by atoms with van der Waals surface area (Å²) in [5.41, 5.74) is 1.23. The molecule has 4 heteroatoms. The van der Waals surface area contributed by atoms with Crippen LogP contribution in [0.4, 0.5) is 0 Å². The van der Waals surface area contributed by atoms with Crippen molar-refractivity contribution in [2.45, 2.75) is 13.3 Å². The fourth-order valence-electron chi connectivity index (χ4n) is 0.981. The molecular weight excluding hydrogens is 141 g/mol. The summed E-state index contributed by atoms with van der Waals surface area (Å²) in [7, 11) is -1.40. The van der Waals surface area contributed by atoms with Crippen molar-refractivity contribution in [3.05, 3.63) is 24.0 Å². The molecule has 0 bridgehead atoms. The number of hydrogen-bond acceptors (Lipinski definition) is 3. The first kappa shape index (κ1) is 8.23. The molecule has 1 rings (SSSR count). The molecule has 0 saturated carbocycles. The first-order valence-electron chi connectivity index (χ1n) is 3.55. The van der Waals surface area contributed by atoms with Crippen molar-refractivity contribution in [1.29, 1.82) is 0 Å². The SMILES string of the molecule is CCc1ncccc1B(O)O. The fraction of sp³-hybridized carbons (Fsp3) is 0.286.